The molecule has 0 aliphatic carbocycles. The van der Waals surface area contributed by atoms with E-state index in [1.807, 2.05) is 0 Å². The van der Waals surface area contributed by atoms with E-state index >= 15 is 0 Å². The van der Waals surface area contributed by atoms with Gasteiger partial charge < -0.3 is 25.2 Å². The van der Waals surface area contributed by atoms with E-state index in [1.54, 1.807) is 6.92 Å². The van der Waals surface area contributed by atoms with Gasteiger partial charge in [0.05, 0.1) is 12.7 Å². The van der Waals surface area contributed by atoms with E-state index in [9.17, 15) is 15.3 Å². The number of ether oxygens (including phenoxy) is 1. The van der Waals surface area contributed by atoms with Crippen LogP contribution in [0.25, 0.3) is 0 Å². The second-order valence-corrected chi connectivity index (χ2v) is 3.28. The molecule has 1 rings (SSSR count). The minimum Gasteiger partial charge on any atom is -0.394 e. The molecule has 1 aliphatic heterocycles. The fraction of sp³-hybridized carbons (Fsp3) is 1.00. The zero-order valence-electron chi connectivity index (χ0n) is 7.50. The number of aliphatic hydroxyl groups is 4. The van der Waals surface area contributed by atoms with Crippen molar-refractivity contribution in [3.8, 4) is 0 Å². The third-order valence-corrected chi connectivity index (χ3v) is 2.39. The molecule has 0 radical (unpaired) electrons. The van der Waals surface area contributed by atoms with Gasteiger partial charge in [-0.1, -0.05) is 6.92 Å². The average molecular weight is 192 g/mol. The Morgan fingerprint density at radius 1 is 1.00 bits per heavy atom. The maximum atomic E-state index is 9.40. The van der Waals surface area contributed by atoms with Gasteiger partial charge in [0.1, 0.15) is 24.4 Å². The van der Waals surface area contributed by atoms with Gasteiger partial charge >= 0.3 is 0 Å². The van der Waals surface area contributed by atoms with Crippen molar-refractivity contribution < 1.29 is 25.2 Å². The minimum atomic E-state index is -1.24. The zero-order chi connectivity index (χ0) is 10.0. The molecule has 5 nitrogen and oxygen atoms in total. The lowest BCUT2D eigenvalue weighted by molar-refractivity contribution is -0.229. The second kappa shape index (κ2) is 4.34. The van der Waals surface area contributed by atoms with Gasteiger partial charge in [0, 0.05) is 0 Å². The first-order valence-electron chi connectivity index (χ1n) is 4.42. The van der Waals surface area contributed by atoms with Crippen LogP contribution in [0.5, 0.6) is 0 Å². The SMILES string of the molecule is CC[C@H]1O[C@H](CO)[C@H](O)[C@H](O)[C@H]1O. The Bertz CT molecular complexity index is 143. The van der Waals surface area contributed by atoms with Crippen LogP contribution in [0.2, 0.25) is 0 Å². The van der Waals surface area contributed by atoms with Crippen molar-refractivity contribution in [1.82, 2.24) is 0 Å². The molecule has 1 saturated heterocycles. The first-order valence-corrected chi connectivity index (χ1v) is 4.42. The molecular weight excluding hydrogens is 176 g/mol. The molecule has 0 aromatic rings. The molecular formula is C8H16O5. The Morgan fingerprint density at radius 3 is 2.00 bits per heavy atom. The van der Waals surface area contributed by atoms with Crippen LogP contribution in [0.3, 0.4) is 0 Å². The largest absolute Gasteiger partial charge is 0.394 e. The molecule has 0 bridgehead atoms. The third kappa shape index (κ3) is 2.00. The highest BCUT2D eigenvalue weighted by Gasteiger charge is 2.42. The topological polar surface area (TPSA) is 90.2 Å². The summed E-state index contributed by atoms with van der Waals surface area (Å²) in [5.74, 6) is 0. The number of hydrogen-bond acceptors (Lipinski definition) is 5. The molecule has 0 amide bonds. The van der Waals surface area contributed by atoms with Crippen molar-refractivity contribution in [1.29, 1.82) is 0 Å². The minimum absolute atomic E-state index is 0.360. The molecule has 1 heterocycles. The first-order chi connectivity index (χ1) is 6.11. The lowest BCUT2D eigenvalue weighted by atomic mass is 9.94. The standard InChI is InChI=1S/C8H16O5/c1-2-4-6(10)8(12)7(11)5(3-9)13-4/h4-12H,2-3H2,1H3/t4-,5-,6+,7+,8-/m1/s1. The summed E-state index contributed by atoms with van der Waals surface area (Å²) in [7, 11) is 0. The number of hydrogen-bond donors (Lipinski definition) is 4. The first kappa shape index (κ1) is 10.9. The summed E-state index contributed by atoms with van der Waals surface area (Å²) in [6.45, 7) is 1.44. The predicted molar refractivity (Wildman–Crippen MR) is 44.1 cm³/mol. The van der Waals surface area contributed by atoms with Crippen molar-refractivity contribution in [2.45, 2.75) is 43.9 Å². The van der Waals surface area contributed by atoms with E-state index < -0.39 is 30.5 Å². The van der Waals surface area contributed by atoms with Crippen LogP contribution in [0.4, 0.5) is 0 Å². The Labute approximate surface area is 76.6 Å². The molecule has 1 fully saturated rings. The molecule has 78 valence electrons. The van der Waals surface area contributed by atoms with Gasteiger partial charge in [-0.15, -0.1) is 0 Å². The van der Waals surface area contributed by atoms with Crippen LogP contribution in [0.15, 0.2) is 0 Å². The maximum Gasteiger partial charge on any atom is 0.111 e. The highest BCUT2D eigenvalue weighted by molar-refractivity contribution is 4.91. The van der Waals surface area contributed by atoms with Crippen molar-refractivity contribution >= 4 is 0 Å². The van der Waals surface area contributed by atoms with Crippen LogP contribution in [-0.4, -0.2) is 57.6 Å². The van der Waals surface area contributed by atoms with E-state index in [1.165, 1.54) is 0 Å². The zero-order valence-corrected chi connectivity index (χ0v) is 7.50. The molecule has 5 atom stereocenters. The van der Waals surface area contributed by atoms with Gasteiger partial charge in [-0.25, -0.2) is 0 Å². The van der Waals surface area contributed by atoms with E-state index in [-0.39, 0.29) is 6.61 Å². The quantitative estimate of drug-likeness (QED) is 0.416. The average Bonchev–Trinajstić information content (AvgIpc) is 2.15. The lowest BCUT2D eigenvalue weighted by Gasteiger charge is -2.39. The van der Waals surface area contributed by atoms with Crippen molar-refractivity contribution in [2.75, 3.05) is 6.61 Å². The summed E-state index contributed by atoms with van der Waals surface area (Å²) in [6, 6.07) is 0. The molecule has 5 heteroatoms. The summed E-state index contributed by atoms with van der Waals surface area (Å²) in [4.78, 5) is 0. The fourth-order valence-corrected chi connectivity index (χ4v) is 1.52. The Balaban J connectivity index is 2.66. The van der Waals surface area contributed by atoms with E-state index in [2.05, 4.69) is 0 Å². The van der Waals surface area contributed by atoms with Gasteiger partial charge in [-0.2, -0.15) is 0 Å². The van der Waals surface area contributed by atoms with Gasteiger partial charge in [0.2, 0.25) is 0 Å². The summed E-state index contributed by atoms with van der Waals surface area (Å²) in [6.07, 6.45) is -4.33. The normalized spacial score (nSPS) is 46.4. The van der Waals surface area contributed by atoms with Gasteiger partial charge in [0.15, 0.2) is 0 Å². The van der Waals surface area contributed by atoms with Crippen molar-refractivity contribution in [3.05, 3.63) is 0 Å². The molecule has 13 heavy (non-hydrogen) atoms. The third-order valence-electron chi connectivity index (χ3n) is 2.39. The van der Waals surface area contributed by atoms with E-state index in [0.717, 1.165) is 0 Å². The van der Waals surface area contributed by atoms with Gasteiger partial charge in [-0.3, -0.25) is 0 Å². The Morgan fingerprint density at radius 2 is 1.54 bits per heavy atom. The summed E-state index contributed by atoms with van der Waals surface area (Å²) < 4.78 is 5.17. The van der Waals surface area contributed by atoms with Crippen molar-refractivity contribution in [3.63, 3.8) is 0 Å². The van der Waals surface area contributed by atoms with E-state index in [0.29, 0.717) is 6.42 Å². The smallest absolute Gasteiger partial charge is 0.111 e. The molecule has 0 unspecified atom stereocenters. The lowest BCUT2D eigenvalue weighted by Crippen LogP contribution is -2.58. The van der Waals surface area contributed by atoms with Crippen LogP contribution >= 0.6 is 0 Å². The highest BCUT2D eigenvalue weighted by atomic mass is 16.5. The Kier molecular flexibility index (Phi) is 3.63. The molecule has 4 N–H and O–H groups in total. The molecule has 0 aromatic carbocycles. The summed E-state index contributed by atoms with van der Waals surface area (Å²) >= 11 is 0. The predicted octanol–water partition coefficient (Wildman–Crippen LogP) is -1.76. The van der Waals surface area contributed by atoms with Crippen LogP contribution in [0, 0.1) is 0 Å². The molecule has 0 saturated carbocycles. The monoisotopic (exact) mass is 192 g/mol. The van der Waals surface area contributed by atoms with E-state index in [4.69, 9.17) is 9.84 Å². The summed E-state index contributed by atoms with van der Waals surface area (Å²) in [5.41, 5.74) is 0. The number of rotatable bonds is 2. The van der Waals surface area contributed by atoms with Crippen molar-refractivity contribution in [2.24, 2.45) is 0 Å². The Hall–Kier alpha value is -0.200. The highest BCUT2D eigenvalue weighted by Crippen LogP contribution is 2.22. The molecule has 1 aliphatic rings. The van der Waals surface area contributed by atoms with Gasteiger partial charge in [-0.05, 0) is 6.42 Å². The second-order valence-electron chi connectivity index (χ2n) is 3.28. The summed E-state index contributed by atoms with van der Waals surface area (Å²) in [5, 5.41) is 36.9. The number of aliphatic hydroxyl groups excluding tert-OH is 4. The van der Waals surface area contributed by atoms with Crippen LogP contribution < -0.4 is 0 Å². The maximum absolute atomic E-state index is 9.40. The molecule has 0 aromatic heterocycles. The van der Waals surface area contributed by atoms with Crippen LogP contribution in [-0.2, 0) is 4.74 Å². The fourth-order valence-electron chi connectivity index (χ4n) is 1.52. The molecule has 0 spiro atoms. The van der Waals surface area contributed by atoms with Gasteiger partial charge in [0.25, 0.3) is 0 Å². The van der Waals surface area contributed by atoms with Crippen LogP contribution in [0.1, 0.15) is 13.3 Å².